The Hall–Kier alpha value is -3.26. The molecule has 7 heterocycles. The number of ketones is 1. The van der Waals surface area contributed by atoms with Gasteiger partial charge >= 0.3 is 18.3 Å². The lowest BCUT2D eigenvalue weighted by Crippen LogP contribution is -2.56. The van der Waals surface area contributed by atoms with Gasteiger partial charge in [-0.15, -0.1) is 0 Å². The second-order valence-corrected chi connectivity index (χ2v) is 25.6. The zero-order chi connectivity index (χ0) is 56.7. The van der Waals surface area contributed by atoms with Gasteiger partial charge in [0.2, 0.25) is 17.1 Å². The molecule has 2 spiro atoms. The molecule has 7 aliphatic heterocycles. The van der Waals surface area contributed by atoms with Crippen LogP contribution in [0.1, 0.15) is 189 Å². The summed E-state index contributed by atoms with van der Waals surface area (Å²) in [6.07, 6.45) is 23.7. The molecular formula is C58H100BrClN8O10. The molecule has 3 N–H and O–H groups in total. The highest BCUT2D eigenvalue weighted by atomic mass is 79.9. The van der Waals surface area contributed by atoms with E-state index >= 15 is 0 Å². The van der Waals surface area contributed by atoms with Gasteiger partial charge in [-0.25, -0.2) is 14.4 Å². The van der Waals surface area contributed by atoms with Crippen LogP contribution in [-0.4, -0.2) is 197 Å². The van der Waals surface area contributed by atoms with Gasteiger partial charge < -0.3 is 54.7 Å². The van der Waals surface area contributed by atoms with Crippen LogP contribution < -0.4 is 11.1 Å². The Balaban J connectivity index is 0.000000190. The molecule has 0 atom stereocenters. The fourth-order valence-electron chi connectivity index (χ4n) is 12.6. The first-order valence-electron chi connectivity index (χ1n) is 30.2. The Labute approximate surface area is 481 Å². The van der Waals surface area contributed by atoms with Crippen LogP contribution in [0.15, 0.2) is 0 Å². The summed E-state index contributed by atoms with van der Waals surface area (Å²) in [6.45, 7) is 21.2. The number of ether oxygens (including phenoxy) is 3. The summed E-state index contributed by atoms with van der Waals surface area (Å²) in [5.41, 5.74) is 5.80. The normalized spacial score (nSPS) is 25.1. The van der Waals surface area contributed by atoms with Gasteiger partial charge in [-0.2, -0.15) is 0 Å². The van der Waals surface area contributed by atoms with Gasteiger partial charge in [-0.05, 0) is 167 Å². The standard InChI is InChI=1S/C21H35N3O3.C11H20N2O.C10H20N2O2.C10H15NO3.C6H10BrClO/c1-2-27-20(26)23-13-9-21(16-23)14-18(15-21)22-11-7-17(8-12-22)24-10-5-3-4-6-19(24)25;14-11-4-2-1-3-9-13(11)10-5-7-12-8-6-10;1-10(2,3)14-9(13)12-6-4-8(11)5-7-12;1-2-14-9(13)11-4-3-10(7-11)5-8(12)6-10;7-5-3-1-2-4-6(8)9/h17-18H,2-16H2,1H3;10,12H,1-9H2;8H,4-7,11H2,1-3H3;2-7H2,1H3;1-5H2. The number of carbonyl (C=O) groups excluding carboxylic acids is 7. The molecule has 78 heavy (non-hydrogen) atoms. The van der Waals surface area contributed by atoms with E-state index in [1.54, 1.807) is 16.7 Å². The molecule has 7 saturated heterocycles. The summed E-state index contributed by atoms with van der Waals surface area (Å²) in [5.74, 6) is 1.11. The molecule has 2 saturated carbocycles. The number of Topliss-reactive ketones (excluding diaryl/α,β-unsaturated/α-hetero) is 1. The number of nitrogens with one attached hydrogen (secondary N) is 1. The van der Waals surface area contributed by atoms with E-state index in [2.05, 4.69) is 35.9 Å². The minimum atomic E-state index is -0.406. The molecule has 5 amide bonds. The lowest BCUT2D eigenvalue weighted by Gasteiger charge is -2.52. The van der Waals surface area contributed by atoms with Gasteiger partial charge in [0.15, 0.2) is 0 Å². The average molecular weight is 1180 g/mol. The number of hydrogen-bond acceptors (Lipinski definition) is 13. The fraction of sp³-hybridized carbons (Fsp3) is 0.879. The van der Waals surface area contributed by atoms with Crippen LogP contribution in [0.3, 0.4) is 0 Å². The molecule has 2 aliphatic carbocycles. The van der Waals surface area contributed by atoms with Crippen molar-refractivity contribution in [2.24, 2.45) is 16.6 Å². The number of nitrogens with two attached hydrogens (primary N) is 1. The van der Waals surface area contributed by atoms with Crippen LogP contribution in [0.5, 0.6) is 0 Å². The Morgan fingerprint density at radius 2 is 1.14 bits per heavy atom. The number of carbonyl (C=O) groups is 7. The van der Waals surface area contributed by atoms with Gasteiger partial charge in [-0.3, -0.25) is 19.2 Å². The highest BCUT2D eigenvalue weighted by Crippen LogP contribution is 2.51. The summed E-state index contributed by atoms with van der Waals surface area (Å²) >= 11 is 8.40. The van der Waals surface area contributed by atoms with E-state index in [4.69, 9.17) is 31.5 Å². The molecule has 0 radical (unpaired) electrons. The number of rotatable bonds is 10. The third-order valence-corrected chi connectivity index (χ3v) is 17.8. The highest BCUT2D eigenvalue weighted by molar-refractivity contribution is 9.09. The van der Waals surface area contributed by atoms with E-state index in [1.807, 2.05) is 32.6 Å². The number of piperidine rings is 3. The largest absolute Gasteiger partial charge is 0.450 e. The predicted molar refractivity (Wildman–Crippen MR) is 308 cm³/mol. The smallest absolute Gasteiger partial charge is 0.410 e. The van der Waals surface area contributed by atoms with E-state index < -0.39 is 5.60 Å². The molecule has 9 rings (SSSR count). The van der Waals surface area contributed by atoms with E-state index in [1.165, 1.54) is 38.5 Å². The zero-order valence-corrected chi connectivity index (χ0v) is 50.8. The maximum atomic E-state index is 12.4. The molecule has 0 aromatic rings. The zero-order valence-electron chi connectivity index (χ0n) is 48.5. The molecule has 0 bridgehead atoms. The fourth-order valence-corrected chi connectivity index (χ4v) is 13.2. The van der Waals surface area contributed by atoms with Crippen LogP contribution in [0, 0.1) is 10.8 Å². The van der Waals surface area contributed by atoms with Crippen molar-refractivity contribution >= 4 is 68.7 Å². The van der Waals surface area contributed by atoms with E-state index in [9.17, 15) is 33.6 Å². The maximum absolute atomic E-state index is 12.4. The molecule has 0 aromatic carbocycles. The number of unbranched alkanes of at least 4 members (excludes halogenated alkanes) is 2. The molecule has 18 nitrogen and oxygen atoms in total. The van der Waals surface area contributed by atoms with Crippen molar-refractivity contribution in [3.05, 3.63) is 0 Å². The third-order valence-electron chi connectivity index (χ3n) is 17.0. The summed E-state index contributed by atoms with van der Waals surface area (Å²) in [5, 5.41) is 4.15. The second kappa shape index (κ2) is 33.0. The first-order chi connectivity index (χ1) is 37.3. The Kier molecular flexibility index (Phi) is 27.7. The molecule has 9 fully saturated rings. The monoisotopic (exact) mass is 1180 g/mol. The maximum Gasteiger partial charge on any atom is 0.410 e. The van der Waals surface area contributed by atoms with Crippen molar-refractivity contribution < 1.29 is 47.8 Å². The number of hydrogen-bond donors (Lipinski definition) is 2. The summed E-state index contributed by atoms with van der Waals surface area (Å²) in [7, 11) is 0. The number of nitrogens with zero attached hydrogens (tertiary/aromatic N) is 6. The minimum Gasteiger partial charge on any atom is -0.450 e. The number of halogens is 2. The number of alkyl halides is 1. The number of likely N-dealkylation sites (tertiary alicyclic amines) is 6. The molecule has 0 aromatic heterocycles. The Bertz CT molecular complexity index is 1890. The van der Waals surface area contributed by atoms with Gasteiger partial charge in [0.1, 0.15) is 11.4 Å². The van der Waals surface area contributed by atoms with Crippen molar-refractivity contribution in [1.29, 1.82) is 0 Å². The van der Waals surface area contributed by atoms with E-state index in [0.717, 1.165) is 174 Å². The van der Waals surface area contributed by atoms with Gasteiger partial charge in [0.05, 0.1) is 13.2 Å². The predicted octanol–water partition coefficient (Wildman–Crippen LogP) is 9.26. The Morgan fingerprint density at radius 1 is 0.628 bits per heavy atom. The van der Waals surface area contributed by atoms with Crippen molar-refractivity contribution in [3.63, 3.8) is 0 Å². The topological polar surface area (TPSA) is 205 Å². The Morgan fingerprint density at radius 3 is 1.63 bits per heavy atom. The second-order valence-electron chi connectivity index (χ2n) is 24.4. The van der Waals surface area contributed by atoms with Gasteiger partial charge in [-0.1, -0.05) is 35.2 Å². The molecule has 0 unspecified atom stereocenters. The summed E-state index contributed by atoms with van der Waals surface area (Å²) in [4.78, 5) is 92.5. The van der Waals surface area contributed by atoms with Crippen LogP contribution in [-0.2, 0) is 33.4 Å². The summed E-state index contributed by atoms with van der Waals surface area (Å²) < 4.78 is 15.3. The SMILES string of the molecule is CC(C)(C)OC(=O)N1CCC(N)CC1.CCOC(=O)N1CCC2(CC(=O)C2)C1.CCOC(=O)N1CCC2(CC(N3CCC(N4CCCCCC4=O)CC3)C2)C1.O=C(Cl)CCCCCBr.O=C1CCCCCN1C1CCNCC1. The molecule has 20 heteroatoms. The van der Waals surface area contributed by atoms with Crippen molar-refractivity contribution in [2.45, 2.75) is 218 Å². The van der Waals surface area contributed by atoms with E-state index in [0.29, 0.717) is 80.2 Å². The average Bonchev–Trinajstić information content (AvgIpc) is 4.02. The molecule has 9 aliphatic rings. The van der Waals surface area contributed by atoms with Crippen LogP contribution in [0.2, 0.25) is 0 Å². The van der Waals surface area contributed by atoms with Crippen LogP contribution in [0.25, 0.3) is 0 Å². The highest BCUT2D eigenvalue weighted by Gasteiger charge is 2.52. The van der Waals surface area contributed by atoms with Gasteiger partial charge in [0, 0.05) is 132 Å². The number of amides is 5. The minimum absolute atomic E-state index is 0.115. The lowest BCUT2D eigenvalue weighted by molar-refractivity contribution is -0.134. The van der Waals surface area contributed by atoms with Gasteiger partial charge in [0.25, 0.3) is 0 Å². The molecular weight excluding hydrogens is 1080 g/mol. The van der Waals surface area contributed by atoms with Crippen molar-refractivity contribution in [3.8, 4) is 0 Å². The first kappa shape index (κ1) is 65.5. The quantitative estimate of drug-likeness (QED) is 0.0907. The van der Waals surface area contributed by atoms with Crippen molar-refractivity contribution in [1.82, 2.24) is 34.7 Å². The van der Waals surface area contributed by atoms with Crippen LogP contribution in [0.4, 0.5) is 14.4 Å². The van der Waals surface area contributed by atoms with Crippen molar-refractivity contribution in [2.75, 3.05) is 97.1 Å². The summed E-state index contributed by atoms with van der Waals surface area (Å²) in [6, 6.07) is 1.91. The first-order valence-corrected chi connectivity index (χ1v) is 31.7. The van der Waals surface area contributed by atoms with E-state index in [-0.39, 0.29) is 35.0 Å². The van der Waals surface area contributed by atoms with Crippen LogP contribution >= 0.6 is 27.5 Å². The lowest BCUT2D eigenvalue weighted by atomic mass is 9.64. The third kappa shape index (κ3) is 21.6. The molecule has 446 valence electrons.